The van der Waals surface area contributed by atoms with Crippen molar-refractivity contribution in [3.8, 4) is 5.75 Å². The molecule has 0 saturated carbocycles. The molecule has 2 unspecified atom stereocenters. The molecule has 0 aliphatic heterocycles. The maximum absolute atomic E-state index is 5.27. The first kappa shape index (κ1) is 15.5. The molecule has 0 saturated heterocycles. The Bertz CT molecular complexity index is 368. The molecule has 0 fully saturated rings. The number of ether oxygens (including phenoxy) is 1. The fourth-order valence-corrected chi connectivity index (χ4v) is 2.89. The van der Waals surface area contributed by atoms with E-state index in [1.165, 1.54) is 24.8 Å². The summed E-state index contributed by atoms with van der Waals surface area (Å²) in [4.78, 5) is 0. The van der Waals surface area contributed by atoms with Gasteiger partial charge in [0.25, 0.3) is 0 Å². The van der Waals surface area contributed by atoms with Crippen LogP contribution in [0.4, 0.5) is 0 Å². The molecule has 1 N–H and O–H groups in total. The second-order valence-electron chi connectivity index (χ2n) is 4.86. The van der Waals surface area contributed by atoms with E-state index in [1.54, 1.807) is 7.11 Å². The average Bonchev–Trinajstić information content (AvgIpc) is 2.36. The summed E-state index contributed by atoms with van der Waals surface area (Å²) in [5.74, 6) is 1.63. The molecule has 0 aliphatic carbocycles. The summed E-state index contributed by atoms with van der Waals surface area (Å²) in [6.45, 7) is 4.57. The lowest BCUT2D eigenvalue weighted by atomic mass is 9.93. The van der Waals surface area contributed by atoms with Gasteiger partial charge in [-0.25, -0.2) is 0 Å². The highest BCUT2D eigenvalue weighted by Gasteiger charge is 2.14. The lowest BCUT2D eigenvalue weighted by Crippen LogP contribution is -2.19. The third-order valence-corrected chi connectivity index (χ3v) is 3.97. The van der Waals surface area contributed by atoms with E-state index in [0.29, 0.717) is 6.04 Å². The minimum absolute atomic E-state index is 0.411. The Morgan fingerprint density at radius 3 is 2.61 bits per heavy atom. The van der Waals surface area contributed by atoms with E-state index in [1.807, 2.05) is 13.1 Å². The second-order valence-corrected chi connectivity index (χ2v) is 5.72. The van der Waals surface area contributed by atoms with Crippen molar-refractivity contribution in [3.05, 3.63) is 28.2 Å². The van der Waals surface area contributed by atoms with Crippen molar-refractivity contribution in [1.82, 2.24) is 5.32 Å². The lowest BCUT2D eigenvalue weighted by Gasteiger charge is -2.21. The predicted octanol–water partition coefficient (Wildman–Crippen LogP) is 4.54. The Balaban J connectivity index is 2.78. The zero-order valence-corrected chi connectivity index (χ0v) is 13.4. The Labute approximate surface area is 119 Å². The topological polar surface area (TPSA) is 21.3 Å². The molecule has 0 aromatic heterocycles. The van der Waals surface area contributed by atoms with Crippen LogP contribution in [0.1, 0.15) is 44.7 Å². The van der Waals surface area contributed by atoms with E-state index in [-0.39, 0.29) is 0 Å². The van der Waals surface area contributed by atoms with Gasteiger partial charge in [-0.15, -0.1) is 0 Å². The van der Waals surface area contributed by atoms with Crippen LogP contribution in [0, 0.1) is 5.92 Å². The smallest absolute Gasteiger partial charge is 0.133 e. The van der Waals surface area contributed by atoms with E-state index in [9.17, 15) is 0 Å². The van der Waals surface area contributed by atoms with Crippen molar-refractivity contribution < 1.29 is 4.74 Å². The summed E-state index contributed by atoms with van der Waals surface area (Å²) in [7, 11) is 3.72. The van der Waals surface area contributed by atoms with Crippen LogP contribution >= 0.6 is 15.9 Å². The van der Waals surface area contributed by atoms with E-state index < -0.39 is 0 Å². The normalized spacial score (nSPS) is 14.3. The number of nitrogens with one attached hydrogen (secondary N) is 1. The molecule has 0 radical (unpaired) electrons. The molecule has 1 aromatic carbocycles. The maximum atomic E-state index is 5.27. The fourth-order valence-electron chi connectivity index (χ4n) is 2.33. The lowest BCUT2D eigenvalue weighted by molar-refractivity contribution is 0.402. The van der Waals surface area contributed by atoms with Crippen molar-refractivity contribution in [3.63, 3.8) is 0 Å². The summed E-state index contributed by atoms with van der Waals surface area (Å²) in [5.41, 5.74) is 1.31. The van der Waals surface area contributed by atoms with E-state index >= 15 is 0 Å². The van der Waals surface area contributed by atoms with Gasteiger partial charge in [0, 0.05) is 6.04 Å². The van der Waals surface area contributed by atoms with Gasteiger partial charge in [-0.05, 0) is 53.0 Å². The molecule has 2 nitrogen and oxygen atoms in total. The molecular formula is C15H24BrNO. The highest BCUT2D eigenvalue weighted by atomic mass is 79.9. The van der Waals surface area contributed by atoms with Crippen LogP contribution in [0.2, 0.25) is 0 Å². The van der Waals surface area contributed by atoms with Crippen LogP contribution in [0.3, 0.4) is 0 Å². The standard InChI is InChI=1S/C15H24BrNO/c1-5-6-11(2)9-14(17-3)12-7-8-15(18-4)13(16)10-12/h7-8,10-11,14,17H,5-6,9H2,1-4H3. The zero-order chi connectivity index (χ0) is 13.5. The van der Waals surface area contributed by atoms with Crippen LogP contribution < -0.4 is 10.1 Å². The van der Waals surface area contributed by atoms with Gasteiger partial charge in [-0.2, -0.15) is 0 Å². The molecular weight excluding hydrogens is 290 g/mol. The second kappa shape index (κ2) is 7.80. The molecule has 1 aromatic rings. The number of hydrogen-bond donors (Lipinski definition) is 1. The van der Waals surface area contributed by atoms with Crippen molar-refractivity contribution >= 4 is 15.9 Å². The fraction of sp³-hybridized carbons (Fsp3) is 0.600. The maximum Gasteiger partial charge on any atom is 0.133 e. The number of rotatable bonds is 7. The minimum Gasteiger partial charge on any atom is -0.496 e. The third-order valence-electron chi connectivity index (χ3n) is 3.35. The molecule has 3 heteroatoms. The van der Waals surface area contributed by atoms with Gasteiger partial charge in [0.2, 0.25) is 0 Å². The summed E-state index contributed by atoms with van der Waals surface area (Å²) in [6, 6.07) is 6.73. The van der Waals surface area contributed by atoms with Gasteiger partial charge in [0.15, 0.2) is 0 Å². The van der Waals surface area contributed by atoms with Crippen LogP contribution in [0.15, 0.2) is 22.7 Å². The minimum atomic E-state index is 0.411. The van der Waals surface area contributed by atoms with Gasteiger partial charge in [-0.1, -0.05) is 32.8 Å². The highest BCUT2D eigenvalue weighted by molar-refractivity contribution is 9.10. The monoisotopic (exact) mass is 313 g/mol. The molecule has 0 amide bonds. The molecule has 18 heavy (non-hydrogen) atoms. The van der Waals surface area contributed by atoms with Crippen molar-refractivity contribution in [2.24, 2.45) is 5.92 Å². The Morgan fingerprint density at radius 2 is 2.11 bits per heavy atom. The Kier molecular flexibility index (Phi) is 6.72. The number of halogens is 1. The van der Waals surface area contributed by atoms with E-state index in [4.69, 9.17) is 4.74 Å². The Hall–Kier alpha value is -0.540. The molecule has 2 atom stereocenters. The Morgan fingerprint density at radius 1 is 1.39 bits per heavy atom. The molecule has 0 heterocycles. The molecule has 0 aliphatic rings. The van der Waals surface area contributed by atoms with Crippen molar-refractivity contribution in [1.29, 1.82) is 0 Å². The highest BCUT2D eigenvalue weighted by Crippen LogP contribution is 2.30. The van der Waals surface area contributed by atoms with E-state index in [2.05, 4.69) is 47.2 Å². The zero-order valence-electron chi connectivity index (χ0n) is 11.8. The number of hydrogen-bond acceptors (Lipinski definition) is 2. The molecule has 0 bridgehead atoms. The van der Waals surface area contributed by atoms with Crippen LogP contribution in [0.5, 0.6) is 5.75 Å². The summed E-state index contributed by atoms with van der Waals surface area (Å²) >= 11 is 3.55. The van der Waals surface area contributed by atoms with Gasteiger partial charge in [-0.3, -0.25) is 0 Å². The first-order valence-corrected chi connectivity index (χ1v) is 7.42. The van der Waals surface area contributed by atoms with Crippen molar-refractivity contribution in [2.75, 3.05) is 14.2 Å². The van der Waals surface area contributed by atoms with Crippen LogP contribution in [0.25, 0.3) is 0 Å². The first-order valence-electron chi connectivity index (χ1n) is 6.63. The summed E-state index contributed by atoms with van der Waals surface area (Å²) in [6.07, 6.45) is 3.71. The van der Waals surface area contributed by atoms with Gasteiger partial charge >= 0.3 is 0 Å². The molecule has 0 spiro atoms. The van der Waals surface area contributed by atoms with Crippen LogP contribution in [-0.4, -0.2) is 14.2 Å². The van der Waals surface area contributed by atoms with Crippen LogP contribution in [-0.2, 0) is 0 Å². The summed E-state index contributed by atoms with van der Waals surface area (Å²) in [5, 5.41) is 3.41. The third kappa shape index (κ3) is 4.29. The first-order chi connectivity index (χ1) is 8.62. The van der Waals surface area contributed by atoms with Gasteiger partial charge in [0.1, 0.15) is 5.75 Å². The van der Waals surface area contributed by atoms with Gasteiger partial charge < -0.3 is 10.1 Å². The number of benzene rings is 1. The molecule has 102 valence electrons. The van der Waals surface area contributed by atoms with E-state index in [0.717, 1.165) is 16.1 Å². The van der Waals surface area contributed by atoms with Crippen molar-refractivity contribution in [2.45, 2.75) is 39.2 Å². The SMILES string of the molecule is CCCC(C)CC(NC)c1ccc(OC)c(Br)c1. The average molecular weight is 314 g/mol. The predicted molar refractivity (Wildman–Crippen MR) is 81.2 cm³/mol. The summed E-state index contributed by atoms with van der Waals surface area (Å²) < 4.78 is 6.29. The largest absolute Gasteiger partial charge is 0.496 e. The van der Waals surface area contributed by atoms with Gasteiger partial charge in [0.05, 0.1) is 11.6 Å². The number of methoxy groups -OCH3 is 1. The quantitative estimate of drug-likeness (QED) is 0.797. The molecule has 1 rings (SSSR count).